The molecule has 0 saturated carbocycles. The van der Waals surface area contributed by atoms with Gasteiger partial charge in [-0.15, -0.1) is 0 Å². The van der Waals surface area contributed by atoms with Crippen LogP contribution in [0.15, 0.2) is 72.9 Å². The number of nitrogens with zero attached hydrogens (tertiary/aromatic N) is 5. The number of ether oxygens (including phenoxy) is 2. The Balaban J connectivity index is 1.43. The summed E-state index contributed by atoms with van der Waals surface area (Å²) in [5.41, 5.74) is 8.37. The van der Waals surface area contributed by atoms with Crippen molar-refractivity contribution in [2.45, 2.75) is 66.1 Å². The van der Waals surface area contributed by atoms with E-state index in [1.165, 1.54) is 6.07 Å². The summed E-state index contributed by atoms with van der Waals surface area (Å²) in [5, 5.41) is 20.2. The van der Waals surface area contributed by atoms with Crippen LogP contribution < -0.4 is 4.74 Å². The molecule has 0 spiro atoms. The lowest BCUT2D eigenvalue weighted by atomic mass is 9.91. The van der Waals surface area contributed by atoms with Gasteiger partial charge in [0.1, 0.15) is 0 Å². The van der Waals surface area contributed by atoms with Gasteiger partial charge >= 0.3 is 5.97 Å². The predicted molar refractivity (Wildman–Crippen MR) is 186 cm³/mol. The molecule has 0 radical (unpaired) electrons. The Bertz CT molecular complexity index is 2230. The zero-order chi connectivity index (χ0) is 34.6. The third-order valence-corrected chi connectivity index (χ3v) is 8.96. The van der Waals surface area contributed by atoms with Crippen LogP contribution in [0.1, 0.15) is 61.4 Å². The Morgan fingerprint density at radius 1 is 1.00 bits per heavy atom. The van der Waals surface area contributed by atoms with Gasteiger partial charge in [0.15, 0.2) is 23.3 Å². The van der Waals surface area contributed by atoms with Crippen LogP contribution >= 0.6 is 0 Å². The summed E-state index contributed by atoms with van der Waals surface area (Å²) < 4.78 is 31.2. The molecular formula is C39H38FN5O4. The van der Waals surface area contributed by atoms with Crippen molar-refractivity contribution in [2.24, 2.45) is 0 Å². The molecule has 0 saturated heterocycles. The van der Waals surface area contributed by atoms with Crippen LogP contribution in [0.2, 0.25) is 0 Å². The van der Waals surface area contributed by atoms with Gasteiger partial charge in [-0.05, 0) is 89.8 Å². The molecule has 0 unspecified atom stereocenters. The van der Waals surface area contributed by atoms with E-state index >= 15 is 4.39 Å². The van der Waals surface area contributed by atoms with Gasteiger partial charge in [-0.2, -0.15) is 10.2 Å². The van der Waals surface area contributed by atoms with Crippen LogP contribution in [-0.4, -0.2) is 47.7 Å². The van der Waals surface area contributed by atoms with Crippen molar-refractivity contribution in [3.63, 3.8) is 0 Å². The first kappa shape index (κ1) is 32.2. The van der Waals surface area contributed by atoms with Crippen LogP contribution in [0.5, 0.6) is 5.75 Å². The number of aliphatic carboxylic acids is 1. The quantitative estimate of drug-likeness (QED) is 0.184. The van der Waals surface area contributed by atoms with E-state index in [4.69, 9.17) is 19.6 Å². The number of carboxylic acid groups (broad SMARTS) is 1. The van der Waals surface area contributed by atoms with Gasteiger partial charge in [-0.1, -0.05) is 36.4 Å². The number of hydrogen-bond acceptors (Lipinski definition) is 6. The van der Waals surface area contributed by atoms with Gasteiger partial charge in [0.05, 0.1) is 35.5 Å². The molecule has 0 aliphatic carbocycles. The Morgan fingerprint density at radius 3 is 2.49 bits per heavy atom. The van der Waals surface area contributed by atoms with Crippen LogP contribution in [0.25, 0.3) is 45.0 Å². The van der Waals surface area contributed by atoms with E-state index in [1.54, 1.807) is 32.2 Å². The maximum absolute atomic E-state index is 15.8. The lowest BCUT2D eigenvalue weighted by molar-refractivity contribution is -0.160. The Labute approximate surface area is 284 Å². The molecule has 3 aromatic carbocycles. The number of carboxylic acids is 1. The summed E-state index contributed by atoms with van der Waals surface area (Å²) in [6.45, 7) is 11.6. The first-order chi connectivity index (χ1) is 23.4. The second kappa shape index (κ2) is 12.3. The summed E-state index contributed by atoms with van der Waals surface area (Å²) in [5.74, 6) is -1.43. The van der Waals surface area contributed by atoms with Gasteiger partial charge < -0.3 is 14.6 Å². The van der Waals surface area contributed by atoms with E-state index in [-0.39, 0.29) is 5.75 Å². The smallest absolute Gasteiger partial charge is 0.337 e. The summed E-state index contributed by atoms with van der Waals surface area (Å²) in [6, 6.07) is 21.3. The second-order valence-corrected chi connectivity index (χ2v) is 13.5. The van der Waals surface area contributed by atoms with Crippen molar-refractivity contribution >= 4 is 11.6 Å². The third-order valence-electron chi connectivity index (χ3n) is 8.96. The van der Waals surface area contributed by atoms with Crippen LogP contribution in [0, 0.1) is 26.6 Å². The molecular weight excluding hydrogens is 621 g/mol. The highest BCUT2D eigenvalue weighted by molar-refractivity contribution is 5.83. The minimum atomic E-state index is -1.39. The molecule has 4 heterocycles. The summed E-state index contributed by atoms with van der Waals surface area (Å²) in [4.78, 5) is 17.7. The normalized spacial score (nSPS) is 13.7. The van der Waals surface area contributed by atoms with E-state index in [9.17, 15) is 9.90 Å². The Kier molecular flexibility index (Phi) is 8.07. The van der Waals surface area contributed by atoms with E-state index in [2.05, 4.69) is 11.2 Å². The molecule has 10 heteroatoms. The van der Waals surface area contributed by atoms with Crippen molar-refractivity contribution in [1.82, 2.24) is 24.4 Å². The molecule has 49 heavy (non-hydrogen) atoms. The summed E-state index contributed by atoms with van der Waals surface area (Å²) in [7, 11) is 0. The highest BCUT2D eigenvalue weighted by Crippen LogP contribution is 2.42. The number of rotatable bonds is 7. The van der Waals surface area contributed by atoms with Crippen LogP contribution in [0.3, 0.4) is 0 Å². The van der Waals surface area contributed by atoms with Crippen molar-refractivity contribution < 1.29 is 23.8 Å². The largest absolute Gasteiger partial charge is 0.490 e. The fourth-order valence-electron chi connectivity index (χ4n) is 6.71. The number of fused-ring (bicyclic) bond motifs is 2. The highest BCUT2D eigenvalue weighted by Gasteiger charge is 2.34. The van der Waals surface area contributed by atoms with E-state index in [0.29, 0.717) is 46.9 Å². The topological polar surface area (TPSA) is 104 Å². The number of benzene rings is 3. The minimum absolute atomic E-state index is 0.251. The molecule has 1 aliphatic rings. The SMILES string of the molecule is Cc1nc2cc(-c3cccc(-c4cnn(-c5ccccc5)c4C)c3)nn2c(-c2cc(F)c3c(c2C)CCCO3)c1[C@H](OC(C)(C)C)C(=O)O. The maximum Gasteiger partial charge on any atom is 0.337 e. The lowest BCUT2D eigenvalue weighted by Gasteiger charge is -2.28. The van der Waals surface area contributed by atoms with Crippen molar-refractivity contribution in [2.75, 3.05) is 6.61 Å². The molecule has 0 fully saturated rings. The molecule has 0 amide bonds. The fraction of sp³-hybridized carbons (Fsp3) is 0.282. The zero-order valence-corrected chi connectivity index (χ0v) is 28.4. The number of hydrogen-bond donors (Lipinski definition) is 1. The fourth-order valence-corrected chi connectivity index (χ4v) is 6.71. The van der Waals surface area contributed by atoms with E-state index < -0.39 is 23.5 Å². The molecule has 7 rings (SSSR count). The minimum Gasteiger partial charge on any atom is -0.490 e. The average Bonchev–Trinajstić information content (AvgIpc) is 3.68. The van der Waals surface area contributed by atoms with Crippen molar-refractivity contribution in [3.8, 4) is 45.1 Å². The molecule has 3 aromatic heterocycles. The molecule has 1 atom stereocenters. The van der Waals surface area contributed by atoms with Gasteiger partial charge in [-0.25, -0.2) is 23.4 Å². The summed E-state index contributed by atoms with van der Waals surface area (Å²) >= 11 is 0. The first-order valence-electron chi connectivity index (χ1n) is 16.4. The number of para-hydroxylation sites is 1. The van der Waals surface area contributed by atoms with Gasteiger partial charge in [0, 0.05) is 45.3 Å². The highest BCUT2D eigenvalue weighted by atomic mass is 19.1. The van der Waals surface area contributed by atoms with Gasteiger partial charge in [0.25, 0.3) is 0 Å². The van der Waals surface area contributed by atoms with Gasteiger partial charge in [-0.3, -0.25) is 0 Å². The Hall–Kier alpha value is -5.35. The third kappa shape index (κ3) is 5.86. The molecule has 6 aromatic rings. The monoisotopic (exact) mass is 659 g/mol. The maximum atomic E-state index is 15.8. The second-order valence-electron chi connectivity index (χ2n) is 13.5. The average molecular weight is 660 g/mol. The first-order valence-corrected chi connectivity index (χ1v) is 16.4. The van der Waals surface area contributed by atoms with E-state index in [0.717, 1.165) is 45.6 Å². The molecule has 1 aliphatic heterocycles. The predicted octanol–water partition coefficient (Wildman–Crippen LogP) is 8.25. The summed E-state index contributed by atoms with van der Waals surface area (Å²) in [6.07, 6.45) is 1.87. The standard InChI is InChI=1S/C39H38FN5O4/c1-22-28-16-11-17-48-36(28)31(40)19-29(22)35-34(37(38(46)47)49-39(4,5)6)23(2)42-33-20-32(43-45(33)35)26-13-10-12-25(18-26)30-21-41-44(24(30)3)27-14-8-7-9-15-27/h7-10,12-15,18-21,37H,11,16-17H2,1-6H3,(H,46,47)/t37-/m0/s1. The van der Waals surface area contributed by atoms with Crippen LogP contribution in [0.4, 0.5) is 4.39 Å². The number of carbonyl (C=O) groups is 1. The van der Waals surface area contributed by atoms with Gasteiger partial charge in [0.2, 0.25) is 0 Å². The number of aromatic nitrogens is 5. The van der Waals surface area contributed by atoms with Crippen LogP contribution in [-0.2, 0) is 16.0 Å². The van der Waals surface area contributed by atoms with E-state index in [1.807, 2.05) is 79.3 Å². The van der Waals surface area contributed by atoms with Crippen molar-refractivity contribution in [1.29, 1.82) is 0 Å². The molecule has 250 valence electrons. The van der Waals surface area contributed by atoms with Crippen molar-refractivity contribution in [3.05, 3.63) is 107 Å². The molecule has 0 bridgehead atoms. The Morgan fingerprint density at radius 2 is 1.76 bits per heavy atom. The lowest BCUT2D eigenvalue weighted by Crippen LogP contribution is -2.29. The molecule has 1 N–H and O–H groups in total. The zero-order valence-electron chi connectivity index (χ0n) is 28.4. The number of aryl methyl sites for hydroxylation is 1. The molecule has 9 nitrogen and oxygen atoms in total. The number of halogens is 1.